The lowest BCUT2D eigenvalue weighted by Gasteiger charge is -2.09. The second-order valence-corrected chi connectivity index (χ2v) is 8.74. The summed E-state index contributed by atoms with van der Waals surface area (Å²) in [5, 5.41) is 11.9. The maximum atomic E-state index is 12.4. The molecule has 0 saturated carbocycles. The standard InChI is InChI=1S/C22H24N4O3S2/c1-15-8-10-16(11-9-15)12-30-13-19-24-25-22(26(19)2)31-14-20(27)23-18-7-5-4-6-17(18)21(28)29-3/h4-11H,12-14H2,1-3H3,(H,23,27). The third-order valence-electron chi connectivity index (χ3n) is 4.48. The number of aryl methyl sites for hydroxylation is 1. The van der Waals surface area contributed by atoms with Crippen LogP contribution in [-0.2, 0) is 28.1 Å². The Bertz CT molecular complexity index is 1050. The first-order valence-corrected chi connectivity index (χ1v) is 11.7. The molecule has 2 aromatic carbocycles. The number of nitrogens with one attached hydrogen (secondary N) is 1. The highest BCUT2D eigenvalue weighted by Crippen LogP contribution is 2.22. The van der Waals surface area contributed by atoms with Gasteiger partial charge >= 0.3 is 5.97 Å². The van der Waals surface area contributed by atoms with E-state index in [0.717, 1.165) is 17.3 Å². The SMILES string of the molecule is COC(=O)c1ccccc1NC(=O)CSc1nnc(CSCc2ccc(C)cc2)n1C. The summed E-state index contributed by atoms with van der Waals surface area (Å²) < 4.78 is 6.66. The number of hydrogen-bond donors (Lipinski definition) is 1. The molecule has 162 valence electrons. The Balaban J connectivity index is 1.51. The molecule has 0 saturated heterocycles. The molecule has 3 aromatic rings. The Labute approximate surface area is 190 Å². The summed E-state index contributed by atoms with van der Waals surface area (Å²) in [5.41, 5.74) is 3.26. The number of hydrogen-bond acceptors (Lipinski definition) is 7. The number of para-hydroxylation sites is 1. The molecular weight excluding hydrogens is 432 g/mol. The van der Waals surface area contributed by atoms with E-state index in [2.05, 4.69) is 46.7 Å². The summed E-state index contributed by atoms with van der Waals surface area (Å²) in [6.45, 7) is 2.08. The van der Waals surface area contributed by atoms with Gasteiger partial charge in [-0.25, -0.2) is 4.79 Å². The van der Waals surface area contributed by atoms with Gasteiger partial charge in [0.15, 0.2) is 5.16 Å². The number of aromatic nitrogens is 3. The van der Waals surface area contributed by atoms with E-state index in [1.54, 1.807) is 36.0 Å². The van der Waals surface area contributed by atoms with Crippen molar-refractivity contribution in [3.8, 4) is 0 Å². The fourth-order valence-electron chi connectivity index (χ4n) is 2.74. The van der Waals surface area contributed by atoms with Crippen molar-refractivity contribution in [2.24, 2.45) is 7.05 Å². The minimum atomic E-state index is -0.496. The Hall–Kier alpha value is -2.78. The van der Waals surface area contributed by atoms with Crippen LogP contribution in [0.25, 0.3) is 0 Å². The van der Waals surface area contributed by atoms with Crippen molar-refractivity contribution in [3.05, 3.63) is 71.0 Å². The highest BCUT2D eigenvalue weighted by atomic mass is 32.2. The average molecular weight is 457 g/mol. The number of esters is 1. The van der Waals surface area contributed by atoms with Gasteiger partial charge in [0, 0.05) is 12.8 Å². The summed E-state index contributed by atoms with van der Waals surface area (Å²) in [4.78, 5) is 24.2. The Morgan fingerprint density at radius 3 is 2.55 bits per heavy atom. The van der Waals surface area contributed by atoms with Crippen LogP contribution >= 0.6 is 23.5 Å². The number of nitrogens with zero attached hydrogens (tertiary/aromatic N) is 3. The van der Waals surface area contributed by atoms with Crippen LogP contribution in [0, 0.1) is 6.92 Å². The van der Waals surface area contributed by atoms with Crippen molar-refractivity contribution in [1.29, 1.82) is 0 Å². The van der Waals surface area contributed by atoms with Gasteiger partial charge in [0.2, 0.25) is 5.91 Å². The van der Waals surface area contributed by atoms with Crippen molar-refractivity contribution < 1.29 is 14.3 Å². The molecule has 0 aliphatic heterocycles. The molecule has 3 rings (SSSR count). The molecule has 1 N–H and O–H groups in total. The Kier molecular flexibility index (Phi) is 8.13. The number of carbonyl (C=O) groups is 2. The number of ether oxygens (including phenoxy) is 1. The Morgan fingerprint density at radius 2 is 1.81 bits per heavy atom. The molecule has 7 nitrogen and oxygen atoms in total. The molecule has 9 heteroatoms. The van der Waals surface area contributed by atoms with Crippen molar-refractivity contribution in [3.63, 3.8) is 0 Å². The molecule has 0 aliphatic carbocycles. The van der Waals surface area contributed by atoms with Crippen molar-refractivity contribution in [1.82, 2.24) is 14.8 Å². The molecule has 1 amide bonds. The maximum absolute atomic E-state index is 12.4. The van der Waals surface area contributed by atoms with E-state index in [4.69, 9.17) is 4.74 Å². The largest absolute Gasteiger partial charge is 0.465 e. The molecular formula is C22H24N4O3S2. The lowest BCUT2D eigenvalue weighted by Crippen LogP contribution is -2.17. The zero-order chi connectivity index (χ0) is 22.2. The van der Waals surface area contributed by atoms with Gasteiger partial charge in [-0.15, -0.1) is 22.0 Å². The van der Waals surface area contributed by atoms with Gasteiger partial charge in [0.05, 0.1) is 29.9 Å². The minimum absolute atomic E-state index is 0.151. The van der Waals surface area contributed by atoms with Crippen LogP contribution in [0.2, 0.25) is 0 Å². The quantitative estimate of drug-likeness (QED) is 0.384. The monoisotopic (exact) mass is 456 g/mol. The van der Waals surface area contributed by atoms with Gasteiger partial charge in [-0.3, -0.25) is 4.79 Å². The van der Waals surface area contributed by atoms with Crippen LogP contribution in [0.1, 0.15) is 27.3 Å². The van der Waals surface area contributed by atoms with Gasteiger partial charge in [-0.05, 0) is 24.6 Å². The molecule has 0 spiro atoms. The first kappa shape index (κ1) is 22.9. The second-order valence-electron chi connectivity index (χ2n) is 6.81. The van der Waals surface area contributed by atoms with E-state index in [-0.39, 0.29) is 11.7 Å². The second kappa shape index (κ2) is 11.0. The molecule has 0 unspecified atom stereocenters. The lowest BCUT2D eigenvalue weighted by molar-refractivity contribution is -0.113. The van der Waals surface area contributed by atoms with Crippen LogP contribution in [-0.4, -0.2) is 39.5 Å². The van der Waals surface area contributed by atoms with Crippen molar-refractivity contribution >= 4 is 41.1 Å². The summed E-state index contributed by atoms with van der Waals surface area (Å²) >= 11 is 3.07. The smallest absolute Gasteiger partial charge is 0.339 e. The number of rotatable bonds is 9. The number of amides is 1. The molecule has 0 fully saturated rings. The summed E-state index contributed by atoms with van der Waals surface area (Å²) in [6.07, 6.45) is 0. The average Bonchev–Trinajstić information content (AvgIpc) is 3.13. The highest BCUT2D eigenvalue weighted by molar-refractivity contribution is 7.99. The zero-order valence-corrected chi connectivity index (χ0v) is 19.3. The normalized spacial score (nSPS) is 10.7. The molecule has 0 aliphatic rings. The molecule has 31 heavy (non-hydrogen) atoms. The fourth-order valence-corrected chi connectivity index (χ4v) is 4.43. The van der Waals surface area contributed by atoms with E-state index in [1.165, 1.54) is 30.0 Å². The molecule has 0 radical (unpaired) electrons. The molecule has 0 atom stereocenters. The fraction of sp³-hybridized carbons (Fsp3) is 0.273. The molecule has 0 bridgehead atoms. The lowest BCUT2D eigenvalue weighted by atomic mass is 10.2. The molecule has 1 heterocycles. The van der Waals surface area contributed by atoms with Gasteiger partial charge in [-0.2, -0.15) is 0 Å². The first-order chi connectivity index (χ1) is 15.0. The van der Waals surface area contributed by atoms with E-state index in [9.17, 15) is 9.59 Å². The van der Waals surface area contributed by atoms with Crippen molar-refractivity contribution in [2.45, 2.75) is 23.6 Å². The maximum Gasteiger partial charge on any atom is 0.339 e. The Morgan fingerprint density at radius 1 is 1.06 bits per heavy atom. The number of carbonyl (C=O) groups excluding carboxylic acids is 2. The van der Waals surface area contributed by atoms with Crippen LogP contribution in [0.3, 0.4) is 0 Å². The highest BCUT2D eigenvalue weighted by Gasteiger charge is 2.15. The van der Waals surface area contributed by atoms with Gasteiger partial charge in [-0.1, -0.05) is 53.7 Å². The van der Waals surface area contributed by atoms with Crippen LogP contribution in [0.4, 0.5) is 5.69 Å². The minimum Gasteiger partial charge on any atom is -0.465 e. The number of thioether (sulfide) groups is 2. The van der Waals surface area contributed by atoms with E-state index >= 15 is 0 Å². The van der Waals surface area contributed by atoms with Crippen LogP contribution in [0.5, 0.6) is 0 Å². The molecule has 1 aromatic heterocycles. The summed E-state index contributed by atoms with van der Waals surface area (Å²) in [5.74, 6) is 1.91. The van der Waals surface area contributed by atoms with Crippen LogP contribution < -0.4 is 5.32 Å². The third kappa shape index (κ3) is 6.35. The first-order valence-electron chi connectivity index (χ1n) is 9.59. The van der Waals surface area contributed by atoms with Gasteiger partial charge in [0.1, 0.15) is 5.82 Å². The third-order valence-corrected chi connectivity index (χ3v) is 6.50. The van der Waals surface area contributed by atoms with E-state index < -0.39 is 5.97 Å². The number of methoxy groups -OCH3 is 1. The number of benzene rings is 2. The predicted molar refractivity (Wildman–Crippen MR) is 124 cm³/mol. The zero-order valence-electron chi connectivity index (χ0n) is 17.6. The van der Waals surface area contributed by atoms with Gasteiger partial charge < -0.3 is 14.6 Å². The topological polar surface area (TPSA) is 86.1 Å². The van der Waals surface area contributed by atoms with Crippen LogP contribution in [0.15, 0.2) is 53.7 Å². The van der Waals surface area contributed by atoms with Gasteiger partial charge in [0.25, 0.3) is 0 Å². The summed E-state index contributed by atoms with van der Waals surface area (Å²) in [6, 6.07) is 15.2. The predicted octanol–water partition coefficient (Wildman–Crippen LogP) is 4.07. The number of anilines is 1. The summed E-state index contributed by atoms with van der Waals surface area (Å²) in [7, 11) is 3.20. The van der Waals surface area contributed by atoms with Crippen molar-refractivity contribution in [2.75, 3.05) is 18.2 Å². The van der Waals surface area contributed by atoms with E-state index in [0.29, 0.717) is 16.4 Å². The van der Waals surface area contributed by atoms with E-state index in [1.807, 2.05) is 11.6 Å².